The average Bonchev–Trinajstić information content (AvgIpc) is 2.69. The normalized spacial score (nSPS) is 21.2. The quantitative estimate of drug-likeness (QED) is 0.850. The van der Waals surface area contributed by atoms with Gasteiger partial charge in [0.15, 0.2) is 0 Å². The number of hydrogen-bond donors (Lipinski definition) is 1. The summed E-state index contributed by atoms with van der Waals surface area (Å²) in [4.78, 5) is 17.7. The highest BCUT2D eigenvalue weighted by Crippen LogP contribution is 2.24. The molecule has 2 saturated heterocycles. The van der Waals surface area contributed by atoms with Gasteiger partial charge in [-0.3, -0.25) is 4.79 Å². The minimum atomic E-state index is 0.206. The summed E-state index contributed by atoms with van der Waals surface area (Å²) in [6, 6.07) is 11.8. The van der Waals surface area contributed by atoms with Crippen molar-refractivity contribution >= 4 is 5.91 Å². The number of benzene rings is 1. The number of piperidine rings is 2. The zero-order chi connectivity index (χ0) is 18.4. The maximum atomic E-state index is 12.5. The summed E-state index contributed by atoms with van der Waals surface area (Å²) < 4.78 is 0. The molecule has 0 bridgehead atoms. The van der Waals surface area contributed by atoms with Gasteiger partial charge in [0.1, 0.15) is 0 Å². The highest BCUT2D eigenvalue weighted by atomic mass is 16.1. The van der Waals surface area contributed by atoms with E-state index in [2.05, 4.69) is 53.2 Å². The van der Waals surface area contributed by atoms with Crippen LogP contribution < -0.4 is 5.32 Å². The van der Waals surface area contributed by atoms with Gasteiger partial charge < -0.3 is 15.1 Å². The van der Waals surface area contributed by atoms with Gasteiger partial charge in [-0.05, 0) is 77.7 Å². The lowest BCUT2D eigenvalue weighted by molar-refractivity contribution is -0.126. The van der Waals surface area contributed by atoms with Gasteiger partial charge >= 0.3 is 0 Å². The van der Waals surface area contributed by atoms with E-state index < -0.39 is 0 Å². The van der Waals surface area contributed by atoms with Crippen molar-refractivity contribution in [2.45, 2.75) is 58.0 Å². The van der Waals surface area contributed by atoms with Crippen LogP contribution in [0.5, 0.6) is 0 Å². The first-order valence-corrected chi connectivity index (χ1v) is 10.4. The largest absolute Gasteiger partial charge is 0.356 e. The first-order chi connectivity index (χ1) is 12.6. The highest BCUT2D eigenvalue weighted by molar-refractivity contribution is 5.78. The fourth-order valence-corrected chi connectivity index (χ4v) is 4.41. The molecule has 4 heteroatoms. The SMILES string of the molecule is CC(C)N1CCC(N2CCC(C(=O)NCCc3ccccc3)CC2)CC1. The lowest BCUT2D eigenvalue weighted by Crippen LogP contribution is -2.50. The molecule has 1 N–H and O–H groups in total. The van der Waals surface area contributed by atoms with Crippen LogP contribution in [0.4, 0.5) is 0 Å². The van der Waals surface area contributed by atoms with Crippen LogP contribution in [0, 0.1) is 5.92 Å². The van der Waals surface area contributed by atoms with Crippen LogP contribution in [-0.2, 0) is 11.2 Å². The maximum Gasteiger partial charge on any atom is 0.223 e. The number of carbonyl (C=O) groups excluding carboxylic acids is 1. The smallest absolute Gasteiger partial charge is 0.223 e. The second-order valence-corrected chi connectivity index (χ2v) is 8.20. The van der Waals surface area contributed by atoms with E-state index in [1.807, 2.05) is 6.07 Å². The van der Waals surface area contributed by atoms with Crippen molar-refractivity contribution in [2.24, 2.45) is 5.92 Å². The Morgan fingerprint density at radius 2 is 1.69 bits per heavy atom. The lowest BCUT2D eigenvalue weighted by atomic mass is 9.92. The van der Waals surface area contributed by atoms with E-state index in [0.29, 0.717) is 6.04 Å². The van der Waals surface area contributed by atoms with E-state index in [9.17, 15) is 4.79 Å². The lowest BCUT2D eigenvalue weighted by Gasteiger charge is -2.42. The Morgan fingerprint density at radius 1 is 1.04 bits per heavy atom. The Hall–Kier alpha value is -1.39. The van der Waals surface area contributed by atoms with E-state index in [-0.39, 0.29) is 11.8 Å². The third-order valence-corrected chi connectivity index (χ3v) is 6.20. The first kappa shape index (κ1) is 19.4. The molecule has 3 rings (SSSR count). The predicted octanol–water partition coefficient (Wildman–Crippen LogP) is 2.93. The number of likely N-dealkylation sites (tertiary alicyclic amines) is 2. The number of hydrogen-bond acceptors (Lipinski definition) is 3. The van der Waals surface area contributed by atoms with E-state index in [1.54, 1.807) is 0 Å². The summed E-state index contributed by atoms with van der Waals surface area (Å²) in [6.07, 6.45) is 5.52. The van der Waals surface area contributed by atoms with Crippen molar-refractivity contribution in [3.05, 3.63) is 35.9 Å². The molecule has 2 aliphatic heterocycles. The summed E-state index contributed by atoms with van der Waals surface area (Å²) in [6.45, 7) is 9.96. The Balaban J connectivity index is 1.35. The summed E-state index contributed by atoms with van der Waals surface area (Å²) in [5.74, 6) is 0.466. The van der Waals surface area contributed by atoms with Gasteiger partial charge in [0, 0.05) is 24.5 Å². The summed E-state index contributed by atoms with van der Waals surface area (Å²) >= 11 is 0. The molecule has 0 radical (unpaired) electrons. The molecule has 2 aliphatic rings. The third kappa shape index (κ3) is 5.31. The van der Waals surface area contributed by atoms with Crippen molar-refractivity contribution in [3.63, 3.8) is 0 Å². The number of carbonyl (C=O) groups is 1. The van der Waals surface area contributed by atoms with Crippen molar-refractivity contribution in [3.8, 4) is 0 Å². The summed E-state index contributed by atoms with van der Waals surface area (Å²) in [7, 11) is 0. The predicted molar refractivity (Wildman–Crippen MR) is 107 cm³/mol. The second-order valence-electron chi connectivity index (χ2n) is 8.20. The number of nitrogens with zero attached hydrogens (tertiary/aromatic N) is 2. The molecule has 0 saturated carbocycles. The number of nitrogens with one attached hydrogen (secondary N) is 1. The van der Waals surface area contributed by atoms with Gasteiger partial charge in [0.25, 0.3) is 0 Å². The maximum absolute atomic E-state index is 12.5. The van der Waals surface area contributed by atoms with Crippen molar-refractivity contribution in [1.82, 2.24) is 15.1 Å². The van der Waals surface area contributed by atoms with Crippen LogP contribution in [0.3, 0.4) is 0 Å². The first-order valence-electron chi connectivity index (χ1n) is 10.4. The minimum Gasteiger partial charge on any atom is -0.356 e. The zero-order valence-corrected chi connectivity index (χ0v) is 16.5. The molecule has 1 aromatic carbocycles. The van der Waals surface area contributed by atoms with Gasteiger partial charge in [-0.2, -0.15) is 0 Å². The van der Waals surface area contributed by atoms with Gasteiger partial charge in [-0.25, -0.2) is 0 Å². The van der Waals surface area contributed by atoms with Crippen molar-refractivity contribution in [1.29, 1.82) is 0 Å². The molecule has 26 heavy (non-hydrogen) atoms. The van der Waals surface area contributed by atoms with Crippen LogP contribution in [0.25, 0.3) is 0 Å². The Kier molecular flexibility index (Phi) is 7.09. The molecule has 2 heterocycles. The fourth-order valence-electron chi connectivity index (χ4n) is 4.41. The third-order valence-electron chi connectivity index (χ3n) is 6.20. The number of rotatable bonds is 6. The van der Waals surface area contributed by atoms with E-state index in [0.717, 1.165) is 44.9 Å². The van der Waals surface area contributed by atoms with Crippen LogP contribution >= 0.6 is 0 Å². The van der Waals surface area contributed by atoms with Crippen LogP contribution in [-0.4, -0.2) is 60.5 Å². The van der Waals surface area contributed by atoms with Crippen LogP contribution in [0.2, 0.25) is 0 Å². The molecular weight excluding hydrogens is 322 g/mol. The highest BCUT2D eigenvalue weighted by Gasteiger charge is 2.30. The number of amides is 1. The molecule has 0 spiro atoms. The molecule has 0 aromatic heterocycles. The van der Waals surface area contributed by atoms with E-state index in [4.69, 9.17) is 0 Å². The monoisotopic (exact) mass is 357 g/mol. The molecule has 0 atom stereocenters. The topological polar surface area (TPSA) is 35.6 Å². The Bertz CT molecular complexity index is 544. The summed E-state index contributed by atoms with van der Waals surface area (Å²) in [5.41, 5.74) is 1.29. The average molecular weight is 358 g/mol. The molecule has 2 fully saturated rings. The van der Waals surface area contributed by atoms with E-state index >= 15 is 0 Å². The van der Waals surface area contributed by atoms with Crippen LogP contribution in [0.1, 0.15) is 45.1 Å². The van der Waals surface area contributed by atoms with Gasteiger partial charge in [0.05, 0.1) is 0 Å². The molecule has 1 aromatic rings. The minimum absolute atomic E-state index is 0.206. The summed E-state index contributed by atoms with van der Waals surface area (Å²) in [5, 5.41) is 3.15. The van der Waals surface area contributed by atoms with Crippen molar-refractivity contribution < 1.29 is 4.79 Å². The van der Waals surface area contributed by atoms with Crippen molar-refractivity contribution in [2.75, 3.05) is 32.7 Å². The standard InChI is InChI=1S/C22H35N3O/c1-18(2)24-16-11-21(12-17-24)25-14-9-20(10-15-25)22(26)23-13-8-19-6-4-3-5-7-19/h3-7,18,20-21H,8-17H2,1-2H3,(H,23,26). The van der Waals surface area contributed by atoms with Gasteiger partial charge in [0.2, 0.25) is 5.91 Å². The zero-order valence-electron chi connectivity index (χ0n) is 16.5. The Morgan fingerprint density at radius 3 is 2.31 bits per heavy atom. The Labute approximate surface area is 158 Å². The van der Waals surface area contributed by atoms with Gasteiger partial charge in [-0.15, -0.1) is 0 Å². The molecule has 4 nitrogen and oxygen atoms in total. The van der Waals surface area contributed by atoms with Crippen LogP contribution in [0.15, 0.2) is 30.3 Å². The molecule has 0 unspecified atom stereocenters. The fraction of sp³-hybridized carbons (Fsp3) is 0.682. The molecular formula is C22H35N3O. The van der Waals surface area contributed by atoms with Gasteiger partial charge in [-0.1, -0.05) is 30.3 Å². The van der Waals surface area contributed by atoms with E-state index in [1.165, 1.54) is 31.5 Å². The molecule has 144 valence electrons. The second kappa shape index (κ2) is 9.52. The molecule has 0 aliphatic carbocycles. The molecule has 1 amide bonds.